The summed E-state index contributed by atoms with van der Waals surface area (Å²) in [5.41, 5.74) is 2.24. The number of thioether (sulfide) groups is 1. The van der Waals surface area contributed by atoms with E-state index >= 15 is 0 Å². The van der Waals surface area contributed by atoms with Gasteiger partial charge in [0, 0.05) is 44.0 Å². The molecule has 3 N–H and O–H groups in total. The van der Waals surface area contributed by atoms with Gasteiger partial charge in [0.1, 0.15) is 5.70 Å². The topological polar surface area (TPSA) is 130 Å². The molecule has 9 nitrogen and oxygen atoms in total. The van der Waals surface area contributed by atoms with Crippen LogP contribution in [0.15, 0.2) is 102 Å². The maximum absolute atomic E-state index is 13.5. The van der Waals surface area contributed by atoms with Gasteiger partial charge < -0.3 is 16.0 Å². The fourth-order valence-electron chi connectivity index (χ4n) is 4.16. The van der Waals surface area contributed by atoms with E-state index in [4.69, 9.17) is 23.2 Å². The molecule has 1 atom stereocenters. The van der Waals surface area contributed by atoms with Gasteiger partial charge in [-0.1, -0.05) is 60.5 Å². The van der Waals surface area contributed by atoms with Crippen molar-refractivity contribution < 1.29 is 19.3 Å². The Labute approximate surface area is 274 Å². The molecule has 0 aliphatic carbocycles. The van der Waals surface area contributed by atoms with Crippen LogP contribution in [0.2, 0.25) is 10.0 Å². The molecule has 3 amide bonds. The molecule has 0 heterocycles. The lowest BCUT2D eigenvalue weighted by molar-refractivity contribution is -0.384. The number of benzene rings is 4. The van der Waals surface area contributed by atoms with Crippen LogP contribution < -0.4 is 16.0 Å². The minimum atomic E-state index is -0.592. The monoisotopic (exact) mass is 662 g/mol. The van der Waals surface area contributed by atoms with Crippen LogP contribution in [0.1, 0.15) is 34.8 Å². The van der Waals surface area contributed by atoms with Gasteiger partial charge in [-0.05, 0) is 79.1 Å². The molecule has 0 saturated carbocycles. The van der Waals surface area contributed by atoms with Crippen molar-refractivity contribution in [1.82, 2.24) is 5.32 Å². The summed E-state index contributed by atoms with van der Waals surface area (Å²) in [7, 11) is 0. The zero-order valence-corrected chi connectivity index (χ0v) is 26.5. The second-order valence-electron chi connectivity index (χ2n) is 9.79. The standard InChI is InChI=1S/C33H28Cl2N4O5S/c1-3-30(33(42)37-28-15-14-25(39(43)44)16-20(28)2)45-26-11-7-10-24(19-26)36-32(41)29(17-22-12-13-23(34)18-27(22)35)38-31(40)21-8-5-4-6-9-21/h4-19,30H,3H2,1-2H3,(H,36,41)(H,37,42)(H,38,40)/b29-17+. The highest BCUT2D eigenvalue weighted by Crippen LogP contribution is 2.30. The van der Waals surface area contributed by atoms with Crippen LogP contribution in [0.5, 0.6) is 0 Å². The summed E-state index contributed by atoms with van der Waals surface area (Å²) in [5.74, 6) is -1.33. The largest absolute Gasteiger partial charge is 0.325 e. The molecule has 0 fully saturated rings. The molecule has 0 radical (unpaired) electrons. The molecule has 12 heteroatoms. The Morgan fingerprint density at radius 2 is 1.69 bits per heavy atom. The van der Waals surface area contributed by atoms with E-state index in [1.165, 1.54) is 42.1 Å². The predicted molar refractivity (Wildman–Crippen MR) is 180 cm³/mol. The maximum Gasteiger partial charge on any atom is 0.272 e. The van der Waals surface area contributed by atoms with Gasteiger partial charge in [0.15, 0.2) is 0 Å². The number of hydrogen-bond acceptors (Lipinski definition) is 6. The van der Waals surface area contributed by atoms with Crippen LogP contribution in [-0.4, -0.2) is 27.9 Å². The number of hydrogen-bond donors (Lipinski definition) is 3. The van der Waals surface area contributed by atoms with Crippen molar-refractivity contribution in [2.24, 2.45) is 0 Å². The zero-order chi connectivity index (χ0) is 32.5. The van der Waals surface area contributed by atoms with Crippen LogP contribution in [0, 0.1) is 17.0 Å². The van der Waals surface area contributed by atoms with Gasteiger partial charge in [-0.3, -0.25) is 24.5 Å². The number of halogens is 2. The smallest absolute Gasteiger partial charge is 0.272 e. The molecular formula is C33H28Cl2N4O5S. The Bertz CT molecular complexity index is 1780. The van der Waals surface area contributed by atoms with Crippen LogP contribution in [0.4, 0.5) is 17.1 Å². The third kappa shape index (κ3) is 9.18. The molecule has 0 spiro atoms. The number of carbonyl (C=O) groups is 3. The second kappa shape index (κ2) is 15.4. The number of amides is 3. The number of nitro benzene ring substituents is 1. The van der Waals surface area contributed by atoms with E-state index in [0.29, 0.717) is 44.5 Å². The number of non-ortho nitro benzene ring substituents is 1. The third-order valence-corrected chi connectivity index (χ3v) is 8.42. The van der Waals surface area contributed by atoms with Crippen molar-refractivity contribution in [3.8, 4) is 0 Å². The highest BCUT2D eigenvalue weighted by Gasteiger charge is 2.21. The summed E-state index contributed by atoms with van der Waals surface area (Å²) in [4.78, 5) is 50.8. The zero-order valence-electron chi connectivity index (χ0n) is 24.2. The molecule has 45 heavy (non-hydrogen) atoms. The SMILES string of the molecule is CCC(Sc1cccc(NC(=O)/C(=C\c2ccc(Cl)cc2Cl)NC(=O)c2ccccc2)c1)C(=O)Nc1ccc([N+](=O)[O-])cc1C. The van der Waals surface area contributed by atoms with E-state index in [9.17, 15) is 24.5 Å². The van der Waals surface area contributed by atoms with Crippen LogP contribution in [-0.2, 0) is 9.59 Å². The number of anilines is 2. The predicted octanol–water partition coefficient (Wildman–Crippen LogP) is 8.13. The van der Waals surface area contributed by atoms with E-state index in [1.807, 2.05) is 13.0 Å². The van der Waals surface area contributed by atoms with E-state index in [2.05, 4.69) is 16.0 Å². The lowest BCUT2D eigenvalue weighted by atomic mass is 10.1. The van der Waals surface area contributed by atoms with Gasteiger partial charge in [0.25, 0.3) is 17.5 Å². The third-order valence-electron chi connectivity index (χ3n) is 6.50. The summed E-state index contributed by atoms with van der Waals surface area (Å²) in [6, 6.07) is 24.5. The highest BCUT2D eigenvalue weighted by molar-refractivity contribution is 8.00. The summed E-state index contributed by atoms with van der Waals surface area (Å²) in [6.07, 6.45) is 1.96. The van der Waals surface area contributed by atoms with Gasteiger partial charge in [-0.2, -0.15) is 0 Å². The fraction of sp³-hybridized carbons (Fsp3) is 0.121. The Morgan fingerprint density at radius 3 is 2.36 bits per heavy atom. The molecule has 0 aliphatic rings. The lowest BCUT2D eigenvalue weighted by Gasteiger charge is -2.17. The molecule has 4 aromatic rings. The number of carbonyl (C=O) groups excluding carboxylic acids is 3. The first-order valence-electron chi connectivity index (χ1n) is 13.7. The molecule has 0 aromatic heterocycles. The van der Waals surface area contributed by atoms with E-state index < -0.39 is 22.0 Å². The molecule has 0 bridgehead atoms. The van der Waals surface area contributed by atoms with Crippen molar-refractivity contribution in [3.63, 3.8) is 0 Å². The Morgan fingerprint density at radius 1 is 0.933 bits per heavy atom. The molecule has 1 unspecified atom stereocenters. The summed E-state index contributed by atoms with van der Waals surface area (Å²) < 4.78 is 0. The molecule has 4 aromatic carbocycles. The molecule has 0 saturated heterocycles. The minimum Gasteiger partial charge on any atom is -0.325 e. The quantitative estimate of drug-likeness (QED) is 0.0643. The Balaban J connectivity index is 1.51. The van der Waals surface area contributed by atoms with Crippen LogP contribution in [0.3, 0.4) is 0 Å². The molecular weight excluding hydrogens is 635 g/mol. The Kier molecular flexibility index (Phi) is 11.4. The normalized spacial score (nSPS) is 11.8. The number of rotatable bonds is 11. The van der Waals surface area contributed by atoms with E-state index in [-0.39, 0.29) is 17.3 Å². The van der Waals surface area contributed by atoms with Crippen molar-refractivity contribution in [2.45, 2.75) is 30.4 Å². The average Bonchev–Trinajstić information content (AvgIpc) is 3.02. The van der Waals surface area contributed by atoms with E-state index in [0.717, 1.165) is 4.90 Å². The number of nitrogens with one attached hydrogen (secondary N) is 3. The van der Waals surface area contributed by atoms with Crippen molar-refractivity contribution in [3.05, 3.63) is 134 Å². The van der Waals surface area contributed by atoms with Crippen molar-refractivity contribution >= 4 is 75.8 Å². The number of nitro groups is 1. The molecule has 4 rings (SSSR count). The summed E-state index contributed by atoms with van der Waals surface area (Å²) >= 11 is 13.7. The lowest BCUT2D eigenvalue weighted by Crippen LogP contribution is -2.30. The number of aryl methyl sites for hydroxylation is 1. The summed E-state index contributed by atoms with van der Waals surface area (Å²) in [6.45, 7) is 3.56. The van der Waals surface area contributed by atoms with Gasteiger partial charge in [-0.15, -0.1) is 11.8 Å². The highest BCUT2D eigenvalue weighted by atomic mass is 35.5. The van der Waals surface area contributed by atoms with Gasteiger partial charge in [-0.25, -0.2) is 0 Å². The Hall–Kier alpha value is -4.64. The van der Waals surface area contributed by atoms with Crippen molar-refractivity contribution in [1.29, 1.82) is 0 Å². The molecule has 0 aliphatic heterocycles. The average molecular weight is 664 g/mol. The van der Waals surface area contributed by atoms with Gasteiger partial charge >= 0.3 is 0 Å². The first-order valence-corrected chi connectivity index (χ1v) is 15.3. The minimum absolute atomic E-state index is 0.0459. The first kappa shape index (κ1) is 33.3. The van der Waals surface area contributed by atoms with Crippen LogP contribution in [0.25, 0.3) is 6.08 Å². The van der Waals surface area contributed by atoms with Gasteiger partial charge in [0.05, 0.1) is 10.2 Å². The first-order chi connectivity index (χ1) is 21.5. The van der Waals surface area contributed by atoms with Crippen LogP contribution >= 0.6 is 35.0 Å². The summed E-state index contributed by atoms with van der Waals surface area (Å²) in [5, 5.41) is 19.6. The van der Waals surface area contributed by atoms with Crippen molar-refractivity contribution in [2.75, 3.05) is 10.6 Å². The van der Waals surface area contributed by atoms with E-state index in [1.54, 1.807) is 67.6 Å². The maximum atomic E-state index is 13.5. The number of nitrogens with zero attached hydrogens (tertiary/aromatic N) is 1. The van der Waals surface area contributed by atoms with Gasteiger partial charge in [0.2, 0.25) is 5.91 Å². The fourth-order valence-corrected chi connectivity index (χ4v) is 5.64. The molecule has 230 valence electrons. The second-order valence-corrected chi connectivity index (χ2v) is 11.9.